The second-order valence-corrected chi connectivity index (χ2v) is 6.71. The fraction of sp³-hybridized carbons (Fsp3) is 0.286. The van der Waals surface area contributed by atoms with Gasteiger partial charge in [-0.25, -0.2) is 4.98 Å². The lowest BCUT2D eigenvalue weighted by Crippen LogP contribution is -2.28. The molecule has 2 aromatic carbocycles. The molecular weight excluding hydrogens is 342 g/mol. The van der Waals surface area contributed by atoms with E-state index in [0.717, 1.165) is 42.9 Å². The number of amides is 1. The summed E-state index contributed by atoms with van der Waals surface area (Å²) in [6, 6.07) is 12.6. The third kappa shape index (κ3) is 3.43. The van der Waals surface area contributed by atoms with Crippen molar-refractivity contribution in [1.29, 1.82) is 0 Å². The van der Waals surface area contributed by atoms with Crippen LogP contribution in [0.4, 0.5) is 0 Å². The number of aromatic nitrogens is 2. The summed E-state index contributed by atoms with van der Waals surface area (Å²) in [5, 5.41) is 3.46. The highest BCUT2D eigenvalue weighted by Gasteiger charge is 2.16. The molecule has 2 heterocycles. The van der Waals surface area contributed by atoms with Gasteiger partial charge in [-0.15, -0.1) is 0 Å². The van der Waals surface area contributed by atoms with Crippen LogP contribution in [0.3, 0.4) is 0 Å². The minimum atomic E-state index is -0.195. The van der Waals surface area contributed by atoms with Gasteiger partial charge in [0, 0.05) is 25.1 Å². The number of methoxy groups -OCH3 is 1. The Bertz CT molecular complexity index is 1070. The van der Waals surface area contributed by atoms with E-state index < -0.39 is 0 Å². The number of benzene rings is 2. The first kappa shape index (κ1) is 17.3. The number of fused-ring (bicyclic) bond motifs is 2. The fourth-order valence-electron chi connectivity index (χ4n) is 3.45. The summed E-state index contributed by atoms with van der Waals surface area (Å²) in [6.45, 7) is 1.12. The van der Waals surface area contributed by atoms with Gasteiger partial charge in [0.2, 0.25) is 0 Å². The zero-order chi connectivity index (χ0) is 18.8. The van der Waals surface area contributed by atoms with Crippen LogP contribution in [0.5, 0.6) is 5.75 Å². The lowest BCUT2D eigenvalue weighted by atomic mass is 10.1. The van der Waals surface area contributed by atoms with Crippen molar-refractivity contribution < 1.29 is 9.53 Å². The van der Waals surface area contributed by atoms with Gasteiger partial charge in [0.15, 0.2) is 0 Å². The Balaban J connectivity index is 1.57. The van der Waals surface area contributed by atoms with E-state index in [9.17, 15) is 9.59 Å². The molecule has 0 bridgehead atoms. The molecule has 1 N–H and O–H groups in total. The first-order chi connectivity index (χ1) is 13.2. The summed E-state index contributed by atoms with van der Waals surface area (Å²) in [5.41, 5.74) is 2.02. The topological polar surface area (TPSA) is 73.2 Å². The monoisotopic (exact) mass is 363 g/mol. The zero-order valence-electron chi connectivity index (χ0n) is 15.2. The van der Waals surface area contributed by atoms with Crippen LogP contribution in [0.2, 0.25) is 0 Å². The molecule has 138 valence electrons. The second kappa shape index (κ2) is 7.23. The Hall–Kier alpha value is -3.15. The Kier molecular flexibility index (Phi) is 4.62. The predicted octanol–water partition coefficient (Wildman–Crippen LogP) is 2.67. The molecule has 0 atom stereocenters. The largest absolute Gasteiger partial charge is 0.497 e. The van der Waals surface area contributed by atoms with Gasteiger partial charge < -0.3 is 10.1 Å². The second-order valence-electron chi connectivity index (χ2n) is 6.71. The maximum atomic E-state index is 12.6. The predicted molar refractivity (Wildman–Crippen MR) is 103 cm³/mol. The summed E-state index contributed by atoms with van der Waals surface area (Å²) in [4.78, 5) is 29.8. The van der Waals surface area contributed by atoms with Gasteiger partial charge >= 0.3 is 0 Å². The van der Waals surface area contributed by atoms with Crippen LogP contribution in [-0.2, 0) is 19.5 Å². The van der Waals surface area contributed by atoms with Crippen molar-refractivity contribution in [1.82, 2.24) is 14.9 Å². The molecule has 27 heavy (non-hydrogen) atoms. The van der Waals surface area contributed by atoms with Crippen LogP contribution in [0.25, 0.3) is 10.9 Å². The SMILES string of the molecule is COc1cccc(CNC(=O)c2ccc3c(=O)n4c(nc3c2)CCCC4)c1. The van der Waals surface area contributed by atoms with Crippen LogP contribution in [0.1, 0.15) is 34.6 Å². The Morgan fingerprint density at radius 1 is 1.22 bits per heavy atom. The third-order valence-electron chi connectivity index (χ3n) is 4.92. The summed E-state index contributed by atoms with van der Waals surface area (Å²) in [5.74, 6) is 1.37. The summed E-state index contributed by atoms with van der Waals surface area (Å²) < 4.78 is 6.96. The van der Waals surface area contributed by atoms with Crippen LogP contribution in [0.15, 0.2) is 47.3 Å². The normalized spacial score (nSPS) is 13.2. The van der Waals surface area contributed by atoms with Crippen molar-refractivity contribution in [2.24, 2.45) is 0 Å². The summed E-state index contributed by atoms with van der Waals surface area (Å²) in [6.07, 6.45) is 2.85. The number of hydrogen-bond donors (Lipinski definition) is 1. The summed E-state index contributed by atoms with van der Waals surface area (Å²) >= 11 is 0. The molecule has 0 saturated carbocycles. The highest BCUT2D eigenvalue weighted by Crippen LogP contribution is 2.17. The molecule has 3 aromatic rings. The Labute approximate surface area is 156 Å². The molecule has 0 unspecified atom stereocenters. The van der Waals surface area contributed by atoms with Crippen molar-refractivity contribution in [2.45, 2.75) is 32.4 Å². The van der Waals surface area contributed by atoms with E-state index in [4.69, 9.17) is 4.74 Å². The van der Waals surface area contributed by atoms with Gasteiger partial charge in [-0.1, -0.05) is 12.1 Å². The number of aryl methyl sites for hydroxylation is 1. The maximum Gasteiger partial charge on any atom is 0.261 e. The first-order valence-electron chi connectivity index (χ1n) is 9.10. The van der Waals surface area contributed by atoms with Crippen molar-refractivity contribution in [3.8, 4) is 5.75 Å². The number of carbonyl (C=O) groups excluding carboxylic acids is 1. The van der Waals surface area contributed by atoms with Gasteiger partial charge in [-0.05, 0) is 48.7 Å². The van der Waals surface area contributed by atoms with Gasteiger partial charge in [0.1, 0.15) is 11.6 Å². The van der Waals surface area contributed by atoms with Crippen LogP contribution < -0.4 is 15.6 Å². The lowest BCUT2D eigenvalue weighted by molar-refractivity contribution is 0.0951. The van der Waals surface area contributed by atoms with E-state index in [1.807, 2.05) is 24.3 Å². The molecule has 6 heteroatoms. The zero-order valence-corrected chi connectivity index (χ0v) is 15.2. The molecule has 4 rings (SSSR count). The molecule has 0 fully saturated rings. The standard InChI is InChI=1S/C21H21N3O3/c1-27-16-6-4-5-14(11-16)13-22-20(25)15-8-9-17-18(12-15)23-19-7-2-3-10-24(19)21(17)26/h4-6,8-9,11-12H,2-3,7,10,13H2,1H3,(H,22,25). The first-order valence-corrected chi connectivity index (χ1v) is 9.10. The Morgan fingerprint density at radius 3 is 2.96 bits per heavy atom. The number of carbonyl (C=O) groups is 1. The molecule has 0 aliphatic carbocycles. The molecule has 6 nitrogen and oxygen atoms in total. The molecule has 0 spiro atoms. The van der Waals surface area contributed by atoms with Crippen LogP contribution >= 0.6 is 0 Å². The van der Waals surface area contributed by atoms with E-state index in [1.165, 1.54) is 0 Å². The lowest BCUT2D eigenvalue weighted by Gasteiger charge is -2.17. The van der Waals surface area contributed by atoms with Crippen molar-refractivity contribution in [2.75, 3.05) is 7.11 Å². The smallest absolute Gasteiger partial charge is 0.261 e. The molecule has 1 amide bonds. The third-order valence-corrected chi connectivity index (χ3v) is 4.92. The van der Waals surface area contributed by atoms with E-state index in [-0.39, 0.29) is 11.5 Å². The molecule has 1 aliphatic heterocycles. The maximum absolute atomic E-state index is 12.6. The number of nitrogens with zero attached hydrogens (tertiary/aromatic N) is 2. The van der Waals surface area contributed by atoms with Gasteiger partial charge in [-0.2, -0.15) is 0 Å². The fourth-order valence-corrected chi connectivity index (χ4v) is 3.45. The van der Waals surface area contributed by atoms with E-state index >= 15 is 0 Å². The van der Waals surface area contributed by atoms with Gasteiger partial charge in [-0.3, -0.25) is 14.2 Å². The molecular formula is C21H21N3O3. The number of nitrogens with one attached hydrogen (secondary N) is 1. The summed E-state index contributed by atoms with van der Waals surface area (Å²) in [7, 11) is 1.61. The molecule has 0 radical (unpaired) electrons. The average Bonchev–Trinajstić information content (AvgIpc) is 2.72. The molecule has 1 aliphatic rings. The van der Waals surface area contributed by atoms with Crippen molar-refractivity contribution >= 4 is 16.8 Å². The van der Waals surface area contributed by atoms with E-state index in [0.29, 0.717) is 23.0 Å². The minimum Gasteiger partial charge on any atom is -0.497 e. The highest BCUT2D eigenvalue weighted by molar-refractivity contribution is 5.97. The van der Waals surface area contributed by atoms with Crippen molar-refractivity contribution in [3.63, 3.8) is 0 Å². The average molecular weight is 363 g/mol. The highest BCUT2D eigenvalue weighted by atomic mass is 16.5. The minimum absolute atomic E-state index is 0.0157. The van der Waals surface area contributed by atoms with Gasteiger partial charge in [0.25, 0.3) is 11.5 Å². The van der Waals surface area contributed by atoms with Gasteiger partial charge in [0.05, 0.1) is 18.0 Å². The van der Waals surface area contributed by atoms with E-state index in [2.05, 4.69) is 10.3 Å². The Morgan fingerprint density at radius 2 is 2.11 bits per heavy atom. The molecule has 0 saturated heterocycles. The van der Waals surface area contributed by atoms with E-state index in [1.54, 1.807) is 29.9 Å². The number of rotatable bonds is 4. The van der Waals surface area contributed by atoms with Crippen molar-refractivity contribution in [3.05, 3.63) is 69.8 Å². The van der Waals surface area contributed by atoms with Crippen LogP contribution in [0, 0.1) is 0 Å². The number of hydrogen-bond acceptors (Lipinski definition) is 4. The quantitative estimate of drug-likeness (QED) is 0.773. The van der Waals surface area contributed by atoms with Crippen LogP contribution in [-0.4, -0.2) is 22.6 Å². The molecule has 1 aromatic heterocycles. The number of ether oxygens (including phenoxy) is 1.